The van der Waals surface area contributed by atoms with Gasteiger partial charge in [0.1, 0.15) is 5.54 Å². The molecule has 3 N–H and O–H groups in total. The number of hydrogen-bond acceptors (Lipinski definition) is 9. The molecule has 336 valence electrons. The van der Waals surface area contributed by atoms with E-state index in [1.54, 1.807) is 9.80 Å². The number of fused-ring (bicyclic) bond motifs is 1. The van der Waals surface area contributed by atoms with Crippen LogP contribution in [0.3, 0.4) is 0 Å². The lowest BCUT2D eigenvalue weighted by molar-refractivity contribution is -0.157. The second-order valence-electron chi connectivity index (χ2n) is 17.2. The van der Waals surface area contributed by atoms with E-state index in [9.17, 15) is 32.3 Å². The smallest absolute Gasteiger partial charge is 0.418 e. The van der Waals surface area contributed by atoms with Gasteiger partial charge in [-0.1, -0.05) is 56.0 Å². The third kappa shape index (κ3) is 11.4. The number of nitrogens with zero attached hydrogens (tertiary/aromatic N) is 5. The number of hydrogen-bond donors (Lipinski definition) is 2. The van der Waals surface area contributed by atoms with Gasteiger partial charge in [0.15, 0.2) is 6.10 Å². The lowest BCUT2D eigenvalue weighted by Crippen LogP contribution is -2.59. The molecule has 4 heterocycles. The van der Waals surface area contributed by atoms with Crippen molar-refractivity contribution in [1.29, 1.82) is 0 Å². The highest BCUT2D eigenvalue weighted by atomic mass is 35.5. The number of rotatable bonds is 13. The zero-order chi connectivity index (χ0) is 43.9. The van der Waals surface area contributed by atoms with Crippen LogP contribution in [0.5, 0.6) is 0 Å². The fourth-order valence-corrected chi connectivity index (χ4v) is 9.26. The first kappa shape index (κ1) is 46.2. The van der Waals surface area contributed by atoms with E-state index >= 15 is 0 Å². The van der Waals surface area contributed by atoms with Gasteiger partial charge in [0.2, 0.25) is 0 Å². The number of esters is 1. The summed E-state index contributed by atoms with van der Waals surface area (Å²) in [6.45, 7) is 10.7. The predicted octanol–water partition coefficient (Wildman–Crippen LogP) is 7.05. The maximum absolute atomic E-state index is 14.2. The minimum absolute atomic E-state index is 0.0539. The first-order valence-electron chi connectivity index (χ1n) is 21.8. The van der Waals surface area contributed by atoms with Gasteiger partial charge in [-0.25, -0.2) is 9.59 Å². The number of urea groups is 1. The van der Waals surface area contributed by atoms with Crippen LogP contribution in [0.1, 0.15) is 88.8 Å². The van der Waals surface area contributed by atoms with E-state index in [2.05, 4.69) is 22.0 Å². The number of carbonyl (C=O) groups is 4. The van der Waals surface area contributed by atoms with Crippen molar-refractivity contribution in [2.45, 2.75) is 115 Å². The number of ether oxygens (including phenoxy) is 2. The molecule has 0 aliphatic carbocycles. The van der Waals surface area contributed by atoms with Gasteiger partial charge in [-0.05, 0) is 81.7 Å². The van der Waals surface area contributed by atoms with E-state index in [-0.39, 0.29) is 54.2 Å². The number of nitrogen functional groups attached to an aromatic ring is 1. The average molecular weight is 876 g/mol. The van der Waals surface area contributed by atoms with Crippen LogP contribution in [0.15, 0.2) is 36.4 Å². The molecule has 0 radical (unpaired) electrons. The summed E-state index contributed by atoms with van der Waals surface area (Å²) in [6.07, 6.45) is 0.171. The highest BCUT2D eigenvalue weighted by Gasteiger charge is 2.41. The average Bonchev–Trinajstić information content (AvgIpc) is 3.41. The second-order valence-corrected chi connectivity index (χ2v) is 17.6. The Morgan fingerprint density at radius 3 is 2.23 bits per heavy atom. The molecule has 0 bridgehead atoms. The summed E-state index contributed by atoms with van der Waals surface area (Å²) in [6, 6.07) is 9.73. The molecular formula is C44H61ClF3N7O6. The molecule has 0 saturated carbocycles. The Kier molecular flexibility index (Phi) is 15.4. The third-order valence-corrected chi connectivity index (χ3v) is 13.2. The quantitative estimate of drug-likeness (QED) is 0.123. The van der Waals surface area contributed by atoms with E-state index < -0.39 is 41.1 Å². The van der Waals surface area contributed by atoms with Gasteiger partial charge >= 0.3 is 24.3 Å². The standard InChI is InChI=1S/C44H61ClF3N7O6/c1-4-5-6-9-26-60-40(57)43(2,3)54-19-15-32(16-20-54)51-22-24-52(25-23-51)39(56)37(29-30-27-34(44(46,47)48)38(49)35(45)28-30)61-42(59)53-17-13-33(14-18-53)55-21-12-31-10-7-8-11-36(31)50-41(55)58/h7-8,10-11,27-28,32-33,37H,4-6,9,12-26,29,49H2,1-3H3,(H,50,58). The maximum atomic E-state index is 14.2. The zero-order valence-corrected chi connectivity index (χ0v) is 36.4. The minimum Gasteiger partial charge on any atom is -0.464 e. The van der Waals surface area contributed by atoms with Crippen molar-refractivity contribution >= 4 is 47.0 Å². The van der Waals surface area contributed by atoms with E-state index in [1.807, 2.05) is 38.1 Å². The van der Waals surface area contributed by atoms with Gasteiger partial charge in [-0.15, -0.1) is 0 Å². The predicted molar refractivity (Wildman–Crippen MR) is 227 cm³/mol. The molecule has 2 aromatic carbocycles. The number of amides is 4. The normalized spacial score (nSPS) is 19.5. The Morgan fingerprint density at radius 1 is 0.885 bits per heavy atom. The summed E-state index contributed by atoms with van der Waals surface area (Å²) in [7, 11) is 0. The molecule has 17 heteroatoms. The molecule has 6 rings (SSSR count). The molecule has 4 amide bonds. The van der Waals surface area contributed by atoms with Gasteiger partial charge in [0.05, 0.1) is 22.9 Å². The third-order valence-electron chi connectivity index (χ3n) is 12.9. The number of piperidine rings is 2. The molecule has 4 aliphatic rings. The Labute approximate surface area is 362 Å². The molecule has 4 aliphatic heterocycles. The number of para-hydroxylation sites is 1. The topological polar surface area (TPSA) is 141 Å². The summed E-state index contributed by atoms with van der Waals surface area (Å²) in [5.74, 6) is -0.714. The van der Waals surface area contributed by atoms with Gasteiger partial charge in [-0.2, -0.15) is 13.2 Å². The number of halogens is 4. The summed E-state index contributed by atoms with van der Waals surface area (Å²) in [4.78, 5) is 63.5. The lowest BCUT2D eigenvalue weighted by atomic mass is 9.95. The monoisotopic (exact) mass is 875 g/mol. The van der Waals surface area contributed by atoms with Crippen LogP contribution in [-0.4, -0.2) is 138 Å². The number of anilines is 2. The second kappa shape index (κ2) is 20.3. The molecule has 0 aromatic heterocycles. The minimum atomic E-state index is -4.79. The van der Waals surface area contributed by atoms with Crippen molar-refractivity contribution in [1.82, 2.24) is 24.5 Å². The summed E-state index contributed by atoms with van der Waals surface area (Å²) < 4.78 is 53.4. The van der Waals surface area contributed by atoms with Gasteiger partial charge in [0, 0.05) is 83.1 Å². The molecular weight excluding hydrogens is 815 g/mol. The van der Waals surface area contributed by atoms with Crippen LogP contribution in [0.2, 0.25) is 5.02 Å². The number of nitrogens with one attached hydrogen (secondary N) is 1. The van der Waals surface area contributed by atoms with Crippen molar-refractivity contribution in [3.05, 3.63) is 58.1 Å². The molecule has 3 saturated heterocycles. The number of alkyl halides is 3. The van der Waals surface area contributed by atoms with Crippen molar-refractivity contribution < 1.29 is 41.8 Å². The van der Waals surface area contributed by atoms with Gasteiger partial charge in [0.25, 0.3) is 5.91 Å². The zero-order valence-electron chi connectivity index (χ0n) is 35.6. The summed E-state index contributed by atoms with van der Waals surface area (Å²) >= 11 is 6.16. The van der Waals surface area contributed by atoms with Crippen LogP contribution in [-0.2, 0) is 38.1 Å². The molecule has 13 nitrogen and oxygen atoms in total. The van der Waals surface area contributed by atoms with Crippen LogP contribution in [0.4, 0.5) is 34.1 Å². The van der Waals surface area contributed by atoms with Crippen molar-refractivity contribution in [3.63, 3.8) is 0 Å². The summed E-state index contributed by atoms with van der Waals surface area (Å²) in [5.41, 5.74) is 5.10. The number of unbranched alkanes of at least 4 members (excludes halogenated alkanes) is 3. The van der Waals surface area contributed by atoms with E-state index in [4.69, 9.17) is 26.8 Å². The first-order valence-corrected chi connectivity index (χ1v) is 22.2. The SMILES string of the molecule is CCCCCCOC(=O)C(C)(C)N1CCC(N2CCN(C(=O)C(Cc3cc(Cl)c(N)c(C(F)(F)F)c3)OC(=O)N3CCC(N4CCc5ccccc5NC4=O)CC3)CC2)CC1. The maximum Gasteiger partial charge on any atom is 0.418 e. The Hall–Kier alpha value is -4.28. The van der Waals surface area contributed by atoms with Crippen LogP contribution in [0.25, 0.3) is 0 Å². The molecule has 61 heavy (non-hydrogen) atoms. The van der Waals surface area contributed by atoms with E-state index in [0.29, 0.717) is 58.6 Å². The van der Waals surface area contributed by atoms with Crippen LogP contribution < -0.4 is 11.1 Å². The Bertz CT molecular complexity index is 1860. The van der Waals surface area contributed by atoms with Crippen molar-refractivity contribution in [3.8, 4) is 0 Å². The fraction of sp³-hybridized carbons (Fsp3) is 0.636. The molecule has 3 fully saturated rings. The number of piperazine rings is 1. The first-order chi connectivity index (χ1) is 29.1. The largest absolute Gasteiger partial charge is 0.464 e. The van der Waals surface area contributed by atoms with E-state index in [1.165, 1.54) is 11.0 Å². The molecule has 2 aromatic rings. The molecule has 1 unspecified atom stereocenters. The van der Waals surface area contributed by atoms with Crippen LogP contribution in [0, 0.1) is 0 Å². The van der Waals surface area contributed by atoms with Crippen molar-refractivity contribution in [2.24, 2.45) is 0 Å². The number of carbonyl (C=O) groups excluding carboxylic acids is 4. The van der Waals surface area contributed by atoms with Crippen LogP contribution >= 0.6 is 11.6 Å². The lowest BCUT2D eigenvalue weighted by Gasteiger charge is -2.46. The van der Waals surface area contributed by atoms with Crippen molar-refractivity contribution in [2.75, 3.05) is 76.6 Å². The Balaban J connectivity index is 1.06. The van der Waals surface area contributed by atoms with Gasteiger partial charge in [-0.3, -0.25) is 19.4 Å². The summed E-state index contributed by atoms with van der Waals surface area (Å²) in [5, 5.41) is 2.68. The Morgan fingerprint density at radius 2 is 1.56 bits per heavy atom. The molecule has 0 spiro atoms. The number of nitrogens with two attached hydrogens (primary N) is 1. The highest BCUT2D eigenvalue weighted by molar-refractivity contribution is 6.33. The highest BCUT2D eigenvalue weighted by Crippen LogP contribution is 2.38. The van der Waals surface area contributed by atoms with E-state index in [0.717, 1.165) is 68.9 Å². The van der Waals surface area contributed by atoms with Gasteiger partial charge < -0.3 is 35.2 Å². The number of likely N-dealkylation sites (tertiary alicyclic amines) is 2. The number of benzene rings is 2. The fourth-order valence-electron chi connectivity index (χ4n) is 9.01. The molecule has 1 atom stereocenters.